The van der Waals surface area contributed by atoms with Crippen molar-refractivity contribution in [1.82, 2.24) is 0 Å². The summed E-state index contributed by atoms with van der Waals surface area (Å²) in [5, 5.41) is 2.15. The lowest BCUT2D eigenvalue weighted by Gasteiger charge is -2.36. The van der Waals surface area contributed by atoms with Gasteiger partial charge in [0.15, 0.2) is 0 Å². The lowest BCUT2D eigenvalue weighted by atomic mass is 9.73. The van der Waals surface area contributed by atoms with Crippen LogP contribution >= 0.6 is 11.3 Å². The number of fused-ring (bicyclic) bond motifs is 1. The van der Waals surface area contributed by atoms with Gasteiger partial charge in [-0.05, 0) is 54.3 Å². The number of nitrogens with two attached hydrogens (primary N) is 1. The van der Waals surface area contributed by atoms with Crippen molar-refractivity contribution in [2.24, 2.45) is 5.73 Å². The second kappa shape index (κ2) is 3.97. The predicted octanol–water partition coefficient (Wildman–Crippen LogP) is 3.60. The molecule has 1 aliphatic rings. The Morgan fingerprint density at radius 2 is 2.00 bits per heavy atom. The molecule has 0 bridgehead atoms. The number of rotatable bonds is 1. The highest BCUT2D eigenvalue weighted by molar-refractivity contribution is 7.10. The van der Waals surface area contributed by atoms with Crippen molar-refractivity contribution in [3.63, 3.8) is 0 Å². The van der Waals surface area contributed by atoms with E-state index >= 15 is 0 Å². The fourth-order valence-corrected chi connectivity index (χ4v) is 3.78. The third-order valence-corrected chi connectivity index (χ3v) is 4.70. The Morgan fingerprint density at radius 3 is 2.76 bits per heavy atom. The topological polar surface area (TPSA) is 26.0 Å². The van der Waals surface area contributed by atoms with Gasteiger partial charge in [-0.15, -0.1) is 11.3 Å². The van der Waals surface area contributed by atoms with Crippen LogP contribution in [0.5, 0.6) is 0 Å². The first kappa shape index (κ1) is 11.0. The maximum Gasteiger partial charge on any atom is 0.0679 e. The zero-order valence-corrected chi connectivity index (χ0v) is 10.9. The highest BCUT2D eigenvalue weighted by Gasteiger charge is 2.35. The maximum atomic E-state index is 6.74. The van der Waals surface area contributed by atoms with Gasteiger partial charge in [0.25, 0.3) is 0 Å². The molecule has 1 nitrogen and oxygen atoms in total. The van der Waals surface area contributed by atoms with Gasteiger partial charge >= 0.3 is 0 Å². The van der Waals surface area contributed by atoms with Crippen molar-refractivity contribution in [2.75, 3.05) is 0 Å². The number of hydrogen-bond donors (Lipinski definition) is 1. The van der Waals surface area contributed by atoms with Crippen LogP contribution in [-0.4, -0.2) is 0 Å². The van der Waals surface area contributed by atoms with Crippen LogP contribution in [0.3, 0.4) is 0 Å². The van der Waals surface area contributed by atoms with Crippen molar-refractivity contribution in [1.29, 1.82) is 0 Å². The highest BCUT2D eigenvalue weighted by atomic mass is 32.1. The first-order valence-corrected chi connectivity index (χ1v) is 7.01. The largest absolute Gasteiger partial charge is 0.318 e. The molecule has 1 aliphatic carbocycles. The SMILES string of the molecule is Cc1sccc1C1(N)CCCc2ccccc21. The molecule has 88 valence electrons. The van der Waals surface area contributed by atoms with Gasteiger partial charge in [-0.3, -0.25) is 0 Å². The van der Waals surface area contributed by atoms with Gasteiger partial charge in [0.05, 0.1) is 5.54 Å². The average Bonchev–Trinajstić information content (AvgIpc) is 2.77. The molecule has 1 heterocycles. The smallest absolute Gasteiger partial charge is 0.0679 e. The van der Waals surface area contributed by atoms with Gasteiger partial charge in [0, 0.05) is 4.88 Å². The lowest BCUT2D eigenvalue weighted by Crippen LogP contribution is -2.41. The van der Waals surface area contributed by atoms with E-state index in [0.29, 0.717) is 0 Å². The zero-order chi connectivity index (χ0) is 11.9. The maximum absolute atomic E-state index is 6.74. The molecule has 0 saturated heterocycles. The molecule has 3 rings (SSSR count). The minimum Gasteiger partial charge on any atom is -0.318 e. The Morgan fingerprint density at radius 1 is 1.18 bits per heavy atom. The molecule has 2 N–H and O–H groups in total. The van der Waals surface area contributed by atoms with Crippen molar-refractivity contribution >= 4 is 11.3 Å². The average molecular weight is 243 g/mol. The molecule has 1 unspecified atom stereocenters. The predicted molar refractivity (Wildman–Crippen MR) is 73.4 cm³/mol. The fraction of sp³-hybridized carbons (Fsp3) is 0.333. The van der Waals surface area contributed by atoms with E-state index in [2.05, 4.69) is 42.6 Å². The van der Waals surface area contributed by atoms with Gasteiger partial charge in [-0.25, -0.2) is 0 Å². The van der Waals surface area contributed by atoms with Gasteiger partial charge in [0.2, 0.25) is 0 Å². The van der Waals surface area contributed by atoms with Crippen LogP contribution < -0.4 is 5.73 Å². The third kappa shape index (κ3) is 1.63. The molecule has 2 aromatic rings. The molecule has 17 heavy (non-hydrogen) atoms. The van der Waals surface area contributed by atoms with Crippen LogP contribution in [0.1, 0.15) is 34.4 Å². The molecule has 0 amide bonds. The Kier molecular flexibility index (Phi) is 2.57. The van der Waals surface area contributed by atoms with E-state index in [9.17, 15) is 0 Å². The van der Waals surface area contributed by atoms with Gasteiger partial charge < -0.3 is 5.73 Å². The van der Waals surface area contributed by atoms with Crippen molar-refractivity contribution in [3.05, 3.63) is 57.3 Å². The Bertz CT molecular complexity index is 543. The molecule has 1 atom stereocenters. The summed E-state index contributed by atoms with van der Waals surface area (Å²) in [5.41, 5.74) is 10.5. The summed E-state index contributed by atoms with van der Waals surface area (Å²) in [6, 6.07) is 10.8. The molecule has 1 aromatic heterocycles. The number of aryl methyl sites for hydroxylation is 2. The Labute approximate surface area is 106 Å². The standard InChI is InChI=1S/C15H17NS/c1-11-13(8-10-17-11)15(16)9-4-6-12-5-2-3-7-14(12)15/h2-3,5,7-8,10H,4,6,9,16H2,1H3. The molecular weight excluding hydrogens is 226 g/mol. The normalized spacial score (nSPS) is 23.4. The highest BCUT2D eigenvalue weighted by Crippen LogP contribution is 2.40. The number of benzene rings is 1. The monoisotopic (exact) mass is 243 g/mol. The quantitative estimate of drug-likeness (QED) is 0.813. The zero-order valence-electron chi connectivity index (χ0n) is 10.1. The second-order valence-corrected chi connectivity index (χ2v) is 5.99. The minimum atomic E-state index is -0.265. The lowest BCUT2D eigenvalue weighted by molar-refractivity contribution is 0.442. The molecular formula is C15H17NS. The molecule has 0 fully saturated rings. The molecule has 0 radical (unpaired) electrons. The summed E-state index contributed by atoms with van der Waals surface area (Å²) in [7, 11) is 0. The fourth-order valence-electron chi connectivity index (χ4n) is 2.99. The van der Waals surface area contributed by atoms with E-state index in [4.69, 9.17) is 5.73 Å². The van der Waals surface area contributed by atoms with Gasteiger partial charge in [0.1, 0.15) is 0 Å². The molecule has 0 spiro atoms. The first-order chi connectivity index (χ1) is 8.22. The molecule has 2 heteroatoms. The summed E-state index contributed by atoms with van der Waals surface area (Å²) in [4.78, 5) is 1.35. The summed E-state index contributed by atoms with van der Waals surface area (Å²) < 4.78 is 0. The van der Waals surface area contributed by atoms with E-state index in [0.717, 1.165) is 12.8 Å². The van der Waals surface area contributed by atoms with Crippen molar-refractivity contribution < 1.29 is 0 Å². The van der Waals surface area contributed by atoms with Crippen LogP contribution in [0.2, 0.25) is 0 Å². The van der Waals surface area contributed by atoms with Crippen LogP contribution in [0.4, 0.5) is 0 Å². The van der Waals surface area contributed by atoms with Crippen molar-refractivity contribution in [3.8, 4) is 0 Å². The first-order valence-electron chi connectivity index (χ1n) is 6.13. The second-order valence-electron chi connectivity index (χ2n) is 4.87. The Balaban J connectivity index is 2.19. The van der Waals surface area contributed by atoms with E-state index < -0.39 is 0 Å². The van der Waals surface area contributed by atoms with E-state index in [1.165, 1.54) is 28.0 Å². The summed E-state index contributed by atoms with van der Waals surface area (Å²) in [6.45, 7) is 2.17. The minimum absolute atomic E-state index is 0.265. The van der Waals surface area contributed by atoms with Crippen LogP contribution in [-0.2, 0) is 12.0 Å². The molecule has 1 aromatic carbocycles. The molecule has 0 saturated carbocycles. The summed E-state index contributed by atoms with van der Waals surface area (Å²) >= 11 is 1.79. The Hall–Kier alpha value is -1.12. The summed E-state index contributed by atoms with van der Waals surface area (Å²) in [5.74, 6) is 0. The van der Waals surface area contributed by atoms with E-state index in [1.54, 1.807) is 11.3 Å². The number of hydrogen-bond acceptors (Lipinski definition) is 2. The number of thiophene rings is 1. The molecule has 0 aliphatic heterocycles. The summed E-state index contributed by atoms with van der Waals surface area (Å²) in [6.07, 6.45) is 3.41. The third-order valence-electron chi connectivity index (χ3n) is 3.85. The van der Waals surface area contributed by atoms with Crippen LogP contribution in [0, 0.1) is 6.92 Å². The van der Waals surface area contributed by atoms with Crippen LogP contribution in [0.25, 0.3) is 0 Å². The van der Waals surface area contributed by atoms with Gasteiger partial charge in [-0.2, -0.15) is 0 Å². The van der Waals surface area contributed by atoms with E-state index in [-0.39, 0.29) is 5.54 Å². The van der Waals surface area contributed by atoms with E-state index in [1.807, 2.05) is 0 Å². The van der Waals surface area contributed by atoms with Gasteiger partial charge in [-0.1, -0.05) is 24.3 Å². The van der Waals surface area contributed by atoms with Crippen molar-refractivity contribution in [2.45, 2.75) is 31.7 Å². The van der Waals surface area contributed by atoms with Crippen LogP contribution in [0.15, 0.2) is 35.7 Å².